The second-order valence-electron chi connectivity index (χ2n) is 5.17. The number of rotatable bonds is 1. The molecule has 21 heavy (non-hydrogen) atoms. The highest BCUT2D eigenvalue weighted by atomic mass is 16.6. The molecule has 2 aliphatic heterocycles. The van der Waals surface area contributed by atoms with Crippen LogP contribution in [0.1, 0.15) is 5.56 Å². The first-order valence-corrected chi connectivity index (χ1v) is 6.61. The number of benzene rings is 2. The van der Waals surface area contributed by atoms with Crippen LogP contribution in [0.2, 0.25) is 0 Å². The minimum atomic E-state index is -0.462. The number of non-ortho nitro benzene ring substituents is 1. The Bertz CT molecular complexity index is 787. The number of hydrogen-bond acceptors (Lipinski definition) is 4. The van der Waals surface area contributed by atoms with Crippen molar-refractivity contribution in [2.75, 3.05) is 10.2 Å². The van der Waals surface area contributed by atoms with Crippen molar-refractivity contribution >= 4 is 28.7 Å². The molecule has 1 amide bonds. The molecule has 4 rings (SSSR count). The van der Waals surface area contributed by atoms with Gasteiger partial charge in [0, 0.05) is 24.2 Å². The van der Waals surface area contributed by atoms with E-state index in [2.05, 4.69) is 5.32 Å². The summed E-state index contributed by atoms with van der Waals surface area (Å²) in [5.74, 6) is -0.126. The van der Waals surface area contributed by atoms with Crippen molar-refractivity contribution in [3.05, 3.63) is 58.1 Å². The van der Waals surface area contributed by atoms with Gasteiger partial charge in [-0.05, 0) is 17.7 Å². The van der Waals surface area contributed by atoms with Crippen LogP contribution in [0, 0.1) is 10.1 Å². The molecule has 1 atom stereocenters. The van der Waals surface area contributed by atoms with E-state index < -0.39 is 4.92 Å². The van der Waals surface area contributed by atoms with Gasteiger partial charge in [-0.15, -0.1) is 0 Å². The van der Waals surface area contributed by atoms with Gasteiger partial charge < -0.3 is 10.2 Å². The fourth-order valence-corrected chi connectivity index (χ4v) is 3.06. The highest BCUT2D eigenvalue weighted by molar-refractivity contribution is 6.07. The summed E-state index contributed by atoms with van der Waals surface area (Å²) in [6.45, 7) is 0. The predicted molar refractivity (Wildman–Crippen MR) is 77.8 cm³/mol. The molecule has 6 nitrogen and oxygen atoms in total. The smallest absolute Gasteiger partial charge is 0.271 e. The standard InChI is InChI=1S/C15H11N3O3/c19-15-14-7-9-3-1-2-4-12(9)17(14)13-6-5-10(18(20)21)8-11(13)16-15/h1-6,8,14H,7H2,(H,16,19). The van der Waals surface area contributed by atoms with Gasteiger partial charge in [-0.3, -0.25) is 14.9 Å². The molecule has 0 fully saturated rings. The van der Waals surface area contributed by atoms with Gasteiger partial charge in [0.15, 0.2) is 0 Å². The zero-order valence-electron chi connectivity index (χ0n) is 10.9. The summed E-state index contributed by atoms with van der Waals surface area (Å²) in [5.41, 5.74) is 3.37. The summed E-state index contributed by atoms with van der Waals surface area (Å²) in [4.78, 5) is 24.6. The Morgan fingerprint density at radius 1 is 1.19 bits per heavy atom. The molecule has 104 valence electrons. The molecule has 2 aliphatic rings. The topological polar surface area (TPSA) is 75.5 Å². The Hall–Kier alpha value is -2.89. The SMILES string of the molecule is O=C1Nc2cc([N+](=O)[O-])ccc2N2c3ccccc3CC12. The van der Waals surface area contributed by atoms with Gasteiger partial charge in [0.2, 0.25) is 5.91 Å². The normalized spacial score (nSPS) is 18.6. The molecule has 1 N–H and O–H groups in total. The van der Waals surface area contributed by atoms with Gasteiger partial charge in [0.1, 0.15) is 6.04 Å². The number of nitro groups is 1. The summed E-state index contributed by atoms with van der Waals surface area (Å²) < 4.78 is 0. The van der Waals surface area contributed by atoms with E-state index in [1.165, 1.54) is 12.1 Å². The molecule has 0 saturated heterocycles. The molecule has 0 bridgehead atoms. The fraction of sp³-hybridized carbons (Fsp3) is 0.133. The summed E-state index contributed by atoms with van der Waals surface area (Å²) in [5, 5.41) is 13.7. The average molecular weight is 281 g/mol. The maximum atomic E-state index is 12.3. The fourth-order valence-electron chi connectivity index (χ4n) is 3.06. The number of para-hydroxylation sites is 1. The summed E-state index contributed by atoms with van der Waals surface area (Å²) in [7, 11) is 0. The first-order valence-electron chi connectivity index (χ1n) is 6.61. The lowest BCUT2D eigenvalue weighted by molar-refractivity contribution is -0.384. The largest absolute Gasteiger partial charge is 0.327 e. The van der Waals surface area contributed by atoms with E-state index in [0.717, 1.165) is 16.9 Å². The molecule has 0 spiro atoms. The number of nitrogens with one attached hydrogen (secondary N) is 1. The van der Waals surface area contributed by atoms with Crippen molar-refractivity contribution in [2.24, 2.45) is 0 Å². The molecule has 6 heteroatoms. The average Bonchev–Trinajstić information content (AvgIpc) is 2.87. The van der Waals surface area contributed by atoms with Gasteiger partial charge in [0.25, 0.3) is 5.69 Å². The third-order valence-corrected chi connectivity index (χ3v) is 3.99. The number of amides is 1. The van der Waals surface area contributed by atoms with E-state index in [9.17, 15) is 14.9 Å². The number of carbonyl (C=O) groups excluding carboxylic acids is 1. The molecule has 0 saturated carbocycles. The third-order valence-electron chi connectivity index (χ3n) is 3.99. The quantitative estimate of drug-likeness (QED) is 0.644. The molecule has 1 unspecified atom stereocenters. The van der Waals surface area contributed by atoms with Crippen LogP contribution in [-0.4, -0.2) is 16.9 Å². The first kappa shape index (κ1) is 11.9. The highest BCUT2D eigenvalue weighted by Gasteiger charge is 2.40. The Morgan fingerprint density at radius 2 is 2.00 bits per heavy atom. The van der Waals surface area contributed by atoms with E-state index >= 15 is 0 Å². The van der Waals surface area contributed by atoms with Gasteiger partial charge in [-0.2, -0.15) is 0 Å². The van der Waals surface area contributed by atoms with E-state index in [4.69, 9.17) is 0 Å². The molecular formula is C15H11N3O3. The number of nitro benzene ring substituents is 1. The number of anilines is 3. The van der Waals surface area contributed by atoms with Gasteiger partial charge in [-0.1, -0.05) is 18.2 Å². The Kier molecular flexibility index (Phi) is 2.29. The zero-order valence-corrected chi connectivity index (χ0v) is 10.9. The van der Waals surface area contributed by atoms with E-state index in [0.29, 0.717) is 12.1 Å². The number of fused-ring (bicyclic) bond motifs is 5. The Balaban J connectivity index is 1.90. The van der Waals surface area contributed by atoms with Gasteiger partial charge in [-0.25, -0.2) is 0 Å². The molecule has 2 aromatic carbocycles. The number of carbonyl (C=O) groups is 1. The summed E-state index contributed by atoms with van der Waals surface area (Å²) >= 11 is 0. The van der Waals surface area contributed by atoms with Crippen molar-refractivity contribution in [2.45, 2.75) is 12.5 Å². The van der Waals surface area contributed by atoms with E-state index in [1.54, 1.807) is 6.07 Å². The number of hydrogen-bond donors (Lipinski definition) is 1. The Morgan fingerprint density at radius 3 is 2.81 bits per heavy atom. The predicted octanol–water partition coefficient (Wildman–Crippen LogP) is 2.61. The molecular weight excluding hydrogens is 270 g/mol. The lowest BCUT2D eigenvalue weighted by Gasteiger charge is -2.33. The minimum absolute atomic E-state index is 0.0278. The van der Waals surface area contributed by atoms with Crippen LogP contribution in [-0.2, 0) is 11.2 Å². The third kappa shape index (κ3) is 1.62. The van der Waals surface area contributed by atoms with Crippen LogP contribution in [0.5, 0.6) is 0 Å². The molecule has 2 heterocycles. The molecule has 0 radical (unpaired) electrons. The van der Waals surface area contributed by atoms with Crippen LogP contribution in [0.4, 0.5) is 22.7 Å². The van der Waals surface area contributed by atoms with Crippen LogP contribution in [0.3, 0.4) is 0 Å². The summed E-state index contributed by atoms with van der Waals surface area (Å²) in [6.07, 6.45) is 0.651. The van der Waals surface area contributed by atoms with E-state index in [-0.39, 0.29) is 17.6 Å². The number of nitrogens with zero attached hydrogens (tertiary/aromatic N) is 2. The van der Waals surface area contributed by atoms with Crippen LogP contribution in [0.15, 0.2) is 42.5 Å². The molecule has 0 aliphatic carbocycles. The minimum Gasteiger partial charge on any atom is -0.327 e. The van der Waals surface area contributed by atoms with Crippen molar-refractivity contribution in [3.8, 4) is 0 Å². The highest BCUT2D eigenvalue weighted by Crippen LogP contribution is 2.45. The monoisotopic (exact) mass is 281 g/mol. The molecule has 0 aromatic heterocycles. The second kappa shape index (κ2) is 4.05. The van der Waals surface area contributed by atoms with Gasteiger partial charge >= 0.3 is 0 Å². The van der Waals surface area contributed by atoms with Crippen molar-refractivity contribution < 1.29 is 9.72 Å². The maximum Gasteiger partial charge on any atom is 0.271 e. The van der Waals surface area contributed by atoms with Crippen molar-refractivity contribution in [1.82, 2.24) is 0 Å². The van der Waals surface area contributed by atoms with Gasteiger partial charge in [0.05, 0.1) is 16.3 Å². The lowest BCUT2D eigenvalue weighted by atomic mass is 10.1. The van der Waals surface area contributed by atoms with Crippen LogP contribution >= 0.6 is 0 Å². The van der Waals surface area contributed by atoms with E-state index in [1.807, 2.05) is 29.2 Å². The first-order chi connectivity index (χ1) is 10.1. The van der Waals surface area contributed by atoms with Crippen molar-refractivity contribution in [1.29, 1.82) is 0 Å². The molecule has 2 aromatic rings. The maximum absolute atomic E-state index is 12.3. The van der Waals surface area contributed by atoms with Crippen LogP contribution in [0.25, 0.3) is 0 Å². The lowest BCUT2D eigenvalue weighted by Crippen LogP contribution is -2.43. The summed E-state index contributed by atoms with van der Waals surface area (Å²) in [6, 6.07) is 12.1. The Labute approximate surface area is 120 Å². The second-order valence-corrected chi connectivity index (χ2v) is 5.17. The van der Waals surface area contributed by atoms with Crippen LogP contribution < -0.4 is 10.2 Å². The zero-order chi connectivity index (χ0) is 14.6. The van der Waals surface area contributed by atoms with Crippen molar-refractivity contribution in [3.63, 3.8) is 0 Å².